The van der Waals surface area contributed by atoms with E-state index in [4.69, 9.17) is 4.52 Å². The zero-order chi connectivity index (χ0) is 18.8. The van der Waals surface area contributed by atoms with Crippen molar-refractivity contribution in [1.82, 2.24) is 25.0 Å². The van der Waals surface area contributed by atoms with Gasteiger partial charge in [-0.15, -0.1) is 11.3 Å². The van der Waals surface area contributed by atoms with Crippen molar-refractivity contribution in [3.8, 4) is 11.3 Å². The van der Waals surface area contributed by atoms with Crippen LogP contribution < -0.4 is 0 Å². The molecule has 3 aromatic rings. The van der Waals surface area contributed by atoms with Gasteiger partial charge in [-0.05, 0) is 45.1 Å². The second-order valence-corrected chi connectivity index (χ2v) is 7.65. The molecule has 3 aromatic heterocycles. The van der Waals surface area contributed by atoms with Gasteiger partial charge in [-0.2, -0.15) is 0 Å². The number of thiazole rings is 1. The molecule has 0 unspecified atom stereocenters. The zero-order valence-corrected chi connectivity index (χ0v) is 16.2. The van der Waals surface area contributed by atoms with Gasteiger partial charge in [-0.1, -0.05) is 5.16 Å². The molecule has 4 rings (SSSR count). The molecule has 140 valence electrons. The standard InChI is InChI=1S/C19H21N5O2S/c1-12-18(13(2)26-23-12)16-7-15(20-10-21-16)6-14-4-3-5-24(8-14)19(25)17-9-27-11-22-17/h7,9-11,14H,3-6,8H2,1-2H3/t14-/m0/s1. The molecule has 1 amide bonds. The fraction of sp³-hybridized carbons (Fsp3) is 0.421. The summed E-state index contributed by atoms with van der Waals surface area (Å²) < 4.78 is 5.26. The van der Waals surface area contributed by atoms with Gasteiger partial charge in [0.1, 0.15) is 17.8 Å². The van der Waals surface area contributed by atoms with Crippen molar-refractivity contribution in [1.29, 1.82) is 0 Å². The fourth-order valence-corrected chi connectivity index (χ4v) is 4.21. The molecule has 1 saturated heterocycles. The van der Waals surface area contributed by atoms with Crippen molar-refractivity contribution < 1.29 is 9.32 Å². The van der Waals surface area contributed by atoms with Crippen LogP contribution in [0.4, 0.5) is 0 Å². The lowest BCUT2D eigenvalue weighted by Gasteiger charge is -2.32. The second-order valence-electron chi connectivity index (χ2n) is 6.93. The third kappa shape index (κ3) is 3.75. The Morgan fingerprint density at radius 3 is 2.96 bits per heavy atom. The van der Waals surface area contributed by atoms with Gasteiger partial charge in [0.15, 0.2) is 0 Å². The Balaban J connectivity index is 1.48. The molecule has 8 heteroatoms. The van der Waals surface area contributed by atoms with Crippen molar-refractivity contribution >= 4 is 17.2 Å². The van der Waals surface area contributed by atoms with E-state index in [0.29, 0.717) is 11.6 Å². The van der Waals surface area contributed by atoms with E-state index in [2.05, 4.69) is 20.1 Å². The summed E-state index contributed by atoms with van der Waals surface area (Å²) in [5.41, 5.74) is 5.82. The molecule has 0 saturated carbocycles. The van der Waals surface area contributed by atoms with Crippen LogP contribution in [-0.4, -0.2) is 44.0 Å². The van der Waals surface area contributed by atoms with E-state index in [1.807, 2.05) is 30.2 Å². The molecule has 0 N–H and O–H groups in total. The lowest BCUT2D eigenvalue weighted by Crippen LogP contribution is -2.40. The predicted molar refractivity (Wildman–Crippen MR) is 101 cm³/mol. The van der Waals surface area contributed by atoms with E-state index in [1.165, 1.54) is 11.3 Å². The van der Waals surface area contributed by atoms with Crippen molar-refractivity contribution in [2.45, 2.75) is 33.1 Å². The Bertz CT molecular complexity index is 918. The highest BCUT2D eigenvalue weighted by Gasteiger charge is 2.26. The Morgan fingerprint density at radius 1 is 1.33 bits per heavy atom. The van der Waals surface area contributed by atoms with Gasteiger partial charge in [-0.3, -0.25) is 4.79 Å². The van der Waals surface area contributed by atoms with E-state index in [1.54, 1.807) is 11.8 Å². The van der Waals surface area contributed by atoms with Gasteiger partial charge in [0, 0.05) is 24.2 Å². The number of amides is 1. The number of carbonyl (C=O) groups is 1. The first-order valence-corrected chi connectivity index (χ1v) is 9.97. The Morgan fingerprint density at radius 2 is 2.22 bits per heavy atom. The van der Waals surface area contributed by atoms with Crippen LogP contribution in [0.25, 0.3) is 11.3 Å². The number of hydrogen-bond donors (Lipinski definition) is 0. The predicted octanol–water partition coefficient (Wildman–Crippen LogP) is 3.30. The lowest BCUT2D eigenvalue weighted by atomic mass is 9.92. The van der Waals surface area contributed by atoms with Crippen LogP contribution in [0, 0.1) is 19.8 Å². The smallest absolute Gasteiger partial charge is 0.273 e. The van der Waals surface area contributed by atoms with Gasteiger partial charge in [0.25, 0.3) is 5.91 Å². The van der Waals surface area contributed by atoms with Crippen molar-refractivity contribution in [2.75, 3.05) is 13.1 Å². The monoisotopic (exact) mass is 383 g/mol. The first kappa shape index (κ1) is 17.8. The maximum absolute atomic E-state index is 12.6. The van der Waals surface area contributed by atoms with Gasteiger partial charge >= 0.3 is 0 Å². The molecule has 0 aromatic carbocycles. The average Bonchev–Trinajstić information content (AvgIpc) is 3.32. The second kappa shape index (κ2) is 7.56. The number of likely N-dealkylation sites (tertiary alicyclic amines) is 1. The summed E-state index contributed by atoms with van der Waals surface area (Å²) in [5.74, 6) is 1.17. The third-order valence-electron chi connectivity index (χ3n) is 4.97. The highest BCUT2D eigenvalue weighted by Crippen LogP contribution is 2.27. The molecule has 1 fully saturated rings. The molecule has 0 radical (unpaired) electrons. The number of aromatic nitrogens is 4. The highest BCUT2D eigenvalue weighted by atomic mass is 32.1. The largest absolute Gasteiger partial charge is 0.361 e. The molecule has 1 aliphatic heterocycles. The quantitative estimate of drug-likeness (QED) is 0.687. The van der Waals surface area contributed by atoms with E-state index in [-0.39, 0.29) is 5.91 Å². The molecular weight excluding hydrogens is 362 g/mol. The van der Waals surface area contributed by atoms with E-state index < -0.39 is 0 Å². The van der Waals surface area contributed by atoms with Gasteiger partial charge in [0.2, 0.25) is 0 Å². The summed E-state index contributed by atoms with van der Waals surface area (Å²) in [6.45, 7) is 5.33. The molecule has 1 atom stereocenters. The van der Waals surface area contributed by atoms with Crippen LogP contribution in [-0.2, 0) is 6.42 Å². The first-order chi connectivity index (χ1) is 13.1. The molecular formula is C19H21N5O2S. The van der Waals surface area contributed by atoms with Crippen molar-refractivity contribution in [3.63, 3.8) is 0 Å². The van der Waals surface area contributed by atoms with Crippen LogP contribution in [0.15, 0.2) is 27.8 Å². The van der Waals surface area contributed by atoms with Crippen LogP contribution in [0.2, 0.25) is 0 Å². The minimum Gasteiger partial charge on any atom is -0.361 e. The number of hydrogen-bond acceptors (Lipinski definition) is 7. The van der Waals surface area contributed by atoms with Crippen LogP contribution in [0.1, 0.15) is 40.5 Å². The lowest BCUT2D eigenvalue weighted by molar-refractivity contribution is 0.0667. The summed E-state index contributed by atoms with van der Waals surface area (Å²) in [6, 6.07) is 2.01. The van der Waals surface area contributed by atoms with Crippen molar-refractivity contribution in [3.05, 3.63) is 46.1 Å². The Labute approximate surface area is 161 Å². The minimum absolute atomic E-state index is 0.0278. The molecule has 27 heavy (non-hydrogen) atoms. The van der Waals surface area contributed by atoms with E-state index >= 15 is 0 Å². The van der Waals surface area contributed by atoms with Gasteiger partial charge in [0.05, 0.1) is 22.5 Å². The fourth-order valence-electron chi connectivity index (χ4n) is 3.69. The summed E-state index contributed by atoms with van der Waals surface area (Å²) in [4.78, 5) is 27.5. The number of aryl methyl sites for hydroxylation is 2. The SMILES string of the molecule is Cc1noc(C)c1-c1cc(C[C@@H]2CCCN(C(=O)c3cscn3)C2)ncn1. The summed E-state index contributed by atoms with van der Waals surface area (Å²) in [7, 11) is 0. The zero-order valence-electron chi connectivity index (χ0n) is 15.4. The van der Waals surface area contributed by atoms with Gasteiger partial charge in [-0.25, -0.2) is 15.0 Å². The Kier molecular flexibility index (Phi) is 4.98. The number of carbonyl (C=O) groups excluding carboxylic acids is 1. The number of piperidine rings is 1. The van der Waals surface area contributed by atoms with Gasteiger partial charge < -0.3 is 9.42 Å². The topological polar surface area (TPSA) is 85.0 Å². The maximum atomic E-state index is 12.6. The van der Waals surface area contributed by atoms with Crippen LogP contribution in [0.5, 0.6) is 0 Å². The summed E-state index contributed by atoms with van der Waals surface area (Å²) >= 11 is 1.45. The molecule has 1 aliphatic rings. The molecule has 4 heterocycles. The minimum atomic E-state index is 0.0278. The Hall–Kier alpha value is -2.61. The number of rotatable bonds is 4. The molecule has 0 spiro atoms. The molecule has 7 nitrogen and oxygen atoms in total. The average molecular weight is 383 g/mol. The van der Waals surface area contributed by atoms with E-state index in [9.17, 15) is 4.79 Å². The van der Waals surface area contributed by atoms with Crippen molar-refractivity contribution in [2.24, 2.45) is 5.92 Å². The first-order valence-electron chi connectivity index (χ1n) is 9.03. The van der Waals surface area contributed by atoms with Crippen LogP contribution >= 0.6 is 11.3 Å². The van der Waals surface area contributed by atoms with E-state index in [0.717, 1.165) is 60.8 Å². The molecule has 0 aliphatic carbocycles. The third-order valence-corrected chi connectivity index (χ3v) is 5.56. The van der Waals surface area contributed by atoms with Crippen LogP contribution in [0.3, 0.4) is 0 Å². The normalized spacial score (nSPS) is 17.3. The summed E-state index contributed by atoms with van der Waals surface area (Å²) in [6.07, 6.45) is 4.51. The maximum Gasteiger partial charge on any atom is 0.273 e. The molecule has 0 bridgehead atoms. The highest BCUT2D eigenvalue weighted by molar-refractivity contribution is 7.07. The summed E-state index contributed by atoms with van der Waals surface area (Å²) in [5, 5.41) is 5.82. The number of nitrogens with zero attached hydrogens (tertiary/aromatic N) is 5.